The Labute approximate surface area is 148 Å². The minimum absolute atomic E-state index is 0.171. The summed E-state index contributed by atoms with van der Waals surface area (Å²) in [6.07, 6.45) is 5.89. The second-order valence-electron chi connectivity index (χ2n) is 5.58. The second-order valence-corrected chi connectivity index (χ2v) is 5.58. The van der Waals surface area contributed by atoms with Gasteiger partial charge >= 0.3 is 0 Å². The summed E-state index contributed by atoms with van der Waals surface area (Å²) in [6, 6.07) is 9.43. The number of aryl methyl sites for hydroxylation is 1. The first-order valence-electron chi connectivity index (χ1n) is 8.31. The number of ether oxygens (including phenoxy) is 2. The normalized spacial score (nSPS) is 10.7. The average Bonchev–Trinajstić information content (AvgIpc) is 2.64. The molecule has 0 unspecified atom stereocenters. The summed E-state index contributed by atoms with van der Waals surface area (Å²) in [4.78, 5) is 16.2. The van der Waals surface area contributed by atoms with Crippen molar-refractivity contribution in [3.05, 3.63) is 59.4 Å². The highest BCUT2D eigenvalue weighted by molar-refractivity contribution is 5.91. The lowest BCUT2D eigenvalue weighted by Gasteiger charge is -2.10. The van der Waals surface area contributed by atoms with Crippen LogP contribution in [-0.2, 0) is 11.3 Å². The van der Waals surface area contributed by atoms with Gasteiger partial charge in [0.1, 0.15) is 0 Å². The van der Waals surface area contributed by atoms with E-state index in [-0.39, 0.29) is 5.91 Å². The fraction of sp³-hybridized carbons (Fsp3) is 0.300. The first kappa shape index (κ1) is 18.5. The predicted octanol–water partition coefficient (Wildman–Crippen LogP) is 3.52. The Hall–Kier alpha value is -2.82. The van der Waals surface area contributed by atoms with Gasteiger partial charge < -0.3 is 14.8 Å². The van der Waals surface area contributed by atoms with Crippen molar-refractivity contribution in [2.75, 3.05) is 13.7 Å². The number of rotatable bonds is 8. The molecule has 2 rings (SSSR count). The van der Waals surface area contributed by atoms with Gasteiger partial charge in [-0.3, -0.25) is 9.78 Å². The molecule has 0 radical (unpaired) electrons. The van der Waals surface area contributed by atoms with E-state index in [9.17, 15) is 4.79 Å². The molecule has 0 spiro atoms. The molecule has 0 fully saturated rings. The third-order valence-corrected chi connectivity index (χ3v) is 3.62. The second kappa shape index (κ2) is 9.47. The molecule has 0 aliphatic rings. The Balaban J connectivity index is 1.96. The number of nitrogens with zero attached hydrogens (tertiary/aromatic N) is 1. The number of carbonyl (C=O) groups excluding carboxylic acids is 1. The van der Waals surface area contributed by atoms with Gasteiger partial charge in [0, 0.05) is 12.3 Å². The number of hydrogen-bond donors (Lipinski definition) is 1. The molecule has 0 bridgehead atoms. The zero-order valence-corrected chi connectivity index (χ0v) is 14.9. The topological polar surface area (TPSA) is 60.5 Å². The Morgan fingerprint density at radius 2 is 2.12 bits per heavy atom. The predicted molar refractivity (Wildman–Crippen MR) is 98.6 cm³/mol. The number of pyridine rings is 1. The zero-order chi connectivity index (χ0) is 18.1. The molecular weight excluding hydrogens is 316 g/mol. The van der Waals surface area contributed by atoms with E-state index in [0.29, 0.717) is 24.7 Å². The maximum absolute atomic E-state index is 12.0. The monoisotopic (exact) mass is 340 g/mol. The van der Waals surface area contributed by atoms with Crippen molar-refractivity contribution in [2.24, 2.45) is 0 Å². The molecule has 0 aliphatic carbocycles. The minimum atomic E-state index is -0.171. The van der Waals surface area contributed by atoms with Crippen LogP contribution in [0.5, 0.6) is 11.5 Å². The Kier molecular flexibility index (Phi) is 7.01. The number of aromatic nitrogens is 1. The Bertz CT molecular complexity index is 741. The summed E-state index contributed by atoms with van der Waals surface area (Å²) in [6.45, 7) is 5.07. The fourth-order valence-corrected chi connectivity index (χ4v) is 2.22. The number of methoxy groups -OCH3 is 1. The largest absolute Gasteiger partial charge is 0.493 e. The van der Waals surface area contributed by atoms with Gasteiger partial charge in [0.2, 0.25) is 5.91 Å². The van der Waals surface area contributed by atoms with Gasteiger partial charge in [-0.1, -0.05) is 19.1 Å². The number of benzene rings is 1. The lowest BCUT2D eigenvalue weighted by atomic mass is 10.2. The minimum Gasteiger partial charge on any atom is -0.493 e. The van der Waals surface area contributed by atoms with Crippen LogP contribution in [0.15, 0.2) is 42.6 Å². The summed E-state index contributed by atoms with van der Waals surface area (Å²) in [5, 5.41) is 2.83. The van der Waals surface area contributed by atoms with E-state index in [1.54, 1.807) is 19.4 Å². The molecule has 0 aliphatic heterocycles. The third kappa shape index (κ3) is 5.64. The molecule has 0 atom stereocenters. The summed E-state index contributed by atoms with van der Waals surface area (Å²) >= 11 is 0. The maximum atomic E-state index is 12.0. The molecule has 132 valence electrons. The van der Waals surface area contributed by atoms with Gasteiger partial charge in [0.25, 0.3) is 0 Å². The van der Waals surface area contributed by atoms with Crippen molar-refractivity contribution in [3.8, 4) is 11.5 Å². The molecule has 1 aromatic heterocycles. The molecule has 5 nitrogen and oxygen atoms in total. The number of amides is 1. The van der Waals surface area contributed by atoms with Crippen LogP contribution in [0.3, 0.4) is 0 Å². The number of hydrogen-bond acceptors (Lipinski definition) is 4. The SMILES string of the molecule is CCCOc1ccc(/C=C/C(=O)NCc2ncccc2C)cc1OC. The van der Waals surface area contributed by atoms with Crippen LogP contribution in [0.2, 0.25) is 0 Å². The summed E-state index contributed by atoms with van der Waals surface area (Å²) in [7, 11) is 1.60. The Morgan fingerprint density at radius 3 is 2.84 bits per heavy atom. The zero-order valence-electron chi connectivity index (χ0n) is 14.9. The van der Waals surface area contributed by atoms with E-state index < -0.39 is 0 Å². The average molecular weight is 340 g/mol. The lowest BCUT2D eigenvalue weighted by molar-refractivity contribution is -0.116. The van der Waals surface area contributed by atoms with Gasteiger partial charge in [-0.25, -0.2) is 0 Å². The van der Waals surface area contributed by atoms with Crippen LogP contribution in [-0.4, -0.2) is 24.6 Å². The number of carbonyl (C=O) groups is 1. The molecular formula is C20H24N2O3. The maximum Gasteiger partial charge on any atom is 0.244 e. The molecule has 2 aromatic rings. The molecule has 1 amide bonds. The molecule has 1 heterocycles. The van der Waals surface area contributed by atoms with Crippen LogP contribution < -0.4 is 14.8 Å². The lowest BCUT2D eigenvalue weighted by Crippen LogP contribution is -2.21. The summed E-state index contributed by atoms with van der Waals surface area (Å²) in [5.74, 6) is 1.19. The van der Waals surface area contributed by atoms with Crippen LogP contribution in [0, 0.1) is 6.92 Å². The van der Waals surface area contributed by atoms with E-state index in [4.69, 9.17) is 9.47 Å². The highest BCUT2D eigenvalue weighted by Gasteiger charge is 2.05. The molecule has 25 heavy (non-hydrogen) atoms. The van der Waals surface area contributed by atoms with Crippen molar-refractivity contribution in [1.82, 2.24) is 10.3 Å². The van der Waals surface area contributed by atoms with Gasteiger partial charge in [-0.05, 0) is 48.7 Å². The van der Waals surface area contributed by atoms with Gasteiger partial charge in [0.05, 0.1) is 26.0 Å². The van der Waals surface area contributed by atoms with Crippen molar-refractivity contribution in [2.45, 2.75) is 26.8 Å². The highest BCUT2D eigenvalue weighted by Crippen LogP contribution is 2.28. The first-order chi connectivity index (χ1) is 12.1. The summed E-state index contributed by atoms with van der Waals surface area (Å²) < 4.78 is 11.0. The smallest absolute Gasteiger partial charge is 0.244 e. The molecule has 0 saturated carbocycles. The van der Waals surface area contributed by atoms with E-state index in [1.165, 1.54) is 6.08 Å². The summed E-state index contributed by atoms with van der Waals surface area (Å²) in [5.41, 5.74) is 2.78. The third-order valence-electron chi connectivity index (χ3n) is 3.62. The van der Waals surface area contributed by atoms with E-state index in [1.807, 2.05) is 37.3 Å². The van der Waals surface area contributed by atoms with Gasteiger partial charge in [-0.2, -0.15) is 0 Å². The highest BCUT2D eigenvalue weighted by atomic mass is 16.5. The van der Waals surface area contributed by atoms with Gasteiger partial charge in [-0.15, -0.1) is 0 Å². The Morgan fingerprint density at radius 1 is 1.28 bits per heavy atom. The molecule has 5 heteroatoms. The van der Waals surface area contributed by atoms with E-state index >= 15 is 0 Å². The van der Waals surface area contributed by atoms with E-state index in [2.05, 4.69) is 17.2 Å². The molecule has 0 saturated heterocycles. The van der Waals surface area contributed by atoms with Crippen LogP contribution >= 0.6 is 0 Å². The van der Waals surface area contributed by atoms with Crippen LogP contribution in [0.25, 0.3) is 6.08 Å². The van der Waals surface area contributed by atoms with Crippen LogP contribution in [0.1, 0.15) is 30.2 Å². The molecule has 1 aromatic carbocycles. The van der Waals surface area contributed by atoms with Crippen molar-refractivity contribution in [3.63, 3.8) is 0 Å². The van der Waals surface area contributed by atoms with Gasteiger partial charge in [0.15, 0.2) is 11.5 Å². The van der Waals surface area contributed by atoms with Crippen LogP contribution in [0.4, 0.5) is 0 Å². The molecule has 1 N–H and O–H groups in total. The fourth-order valence-electron chi connectivity index (χ4n) is 2.22. The van der Waals surface area contributed by atoms with Crippen molar-refractivity contribution < 1.29 is 14.3 Å². The quantitative estimate of drug-likeness (QED) is 0.747. The van der Waals surface area contributed by atoms with Crippen molar-refractivity contribution >= 4 is 12.0 Å². The number of nitrogens with one attached hydrogen (secondary N) is 1. The first-order valence-corrected chi connectivity index (χ1v) is 8.31. The van der Waals surface area contributed by atoms with Crippen molar-refractivity contribution in [1.29, 1.82) is 0 Å². The van der Waals surface area contributed by atoms with E-state index in [0.717, 1.165) is 23.2 Å². The standard InChI is InChI=1S/C20H24N2O3/c1-4-12-25-18-9-7-16(13-19(18)24-3)8-10-20(23)22-14-17-15(2)6-5-11-21-17/h5-11,13H,4,12,14H2,1-3H3,(H,22,23)/b10-8+.